The van der Waals surface area contributed by atoms with E-state index >= 15 is 0 Å². The molecule has 2 saturated heterocycles. The predicted octanol–water partition coefficient (Wildman–Crippen LogP) is 3.35. The van der Waals surface area contributed by atoms with Crippen molar-refractivity contribution in [3.8, 4) is 0 Å². The minimum atomic E-state index is -0.575. The summed E-state index contributed by atoms with van der Waals surface area (Å²) in [5.41, 5.74) is 3.08. The summed E-state index contributed by atoms with van der Waals surface area (Å²) >= 11 is 6.12. The maximum absolute atomic E-state index is 13.0. The second kappa shape index (κ2) is 8.56. The minimum Gasteiger partial charge on any atom is -0.339 e. The third-order valence-corrected chi connectivity index (χ3v) is 6.13. The Morgan fingerprint density at radius 2 is 1.76 bits per heavy atom. The number of hydrogen-bond donors (Lipinski definition) is 0. The minimum absolute atomic E-state index is 0.0310. The lowest BCUT2D eigenvalue weighted by Crippen LogP contribution is -2.51. The molecular weight excluding hydrogens is 386 g/mol. The highest BCUT2D eigenvalue weighted by Crippen LogP contribution is 2.31. The molecule has 2 aliphatic rings. The summed E-state index contributed by atoms with van der Waals surface area (Å²) < 4.78 is 0. The fourth-order valence-corrected chi connectivity index (χ4v) is 4.38. The van der Waals surface area contributed by atoms with E-state index in [2.05, 4.69) is 17.0 Å². The Kier molecular flexibility index (Phi) is 5.88. The van der Waals surface area contributed by atoms with Crippen LogP contribution in [0.25, 0.3) is 0 Å². The fourth-order valence-electron chi connectivity index (χ4n) is 4.21. The molecule has 2 aromatic carbocycles. The Hall–Kier alpha value is -2.37. The van der Waals surface area contributed by atoms with Crippen LogP contribution in [0.15, 0.2) is 48.5 Å². The fraction of sp³-hybridized carbons (Fsp3) is 0.391. The zero-order valence-corrected chi connectivity index (χ0v) is 17.4. The third kappa shape index (κ3) is 4.31. The molecule has 1 atom stereocenters. The summed E-state index contributed by atoms with van der Waals surface area (Å²) in [6.45, 7) is 6.42. The summed E-state index contributed by atoms with van der Waals surface area (Å²) in [5, 5.41) is 0.600. The highest BCUT2D eigenvalue weighted by atomic mass is 35.5. The molecular formula is C23H26ClN3O2. The van der Waals surface area contributed by atoms with Gasteiger partial charge >= 0.3 is 0 Å². The van der Waals surface area contributed by atoms with Gasteiger partial charge in [-0.2, -0.15) is 0 Å². The zero-order valence-electron chi connectivity index (χ0n) is 16.7. The van der Waals surface area contributed by atoms with Crippen LogP contribution in [0, 0.1) is 12.8 Å². The monoisotopic (exact) mass is 411 g/mol. The molecule has 29 heavy (non-hydrogen) atoms. The van der Waals surface area contributed by atoms with E-state index < -0.39 is 5.92 Å². The molecule has 0 aliphatic carbocycles. The lowest BCUT2D eigenvalue weighted by molar-refractivity contribution is -0.141. The maximum Gasteiger partial charge on any atom is 0.239 e. The van der Waals surface area contributed by atoms with E-state index in [1.165, 1.54) is 5.56 Å². The van der Waals surface area contributed by atoms with Crippen LogP contribution in [-0.4, -0.2) is 54.3 Å². The van der Waals surface area contributed by atoms with Gasteiger partial charge in [0.15, 0.2) is 0 Å². The SMILES string of the molecule is Cc1ccc(Cl)cc1N1CC[C@@H](C(=O)N2CCN(Cc3ccccc3)CC2)C1=O. The average Bonchev–Trinajstić information content (AvgIpc) is 3.12. The molecule has 5 nitrogen and oxygen atoms in total. The van der Waals surface area contributed by atoms with Crippen molar-refractivity contribution in [3.05, 3.63) is 64.7 Å². The summed E-state index contributed by atoms with van der Waals surface area (Å²) in [6, 6.07) is 15.9. The number of piperazine rings is 1. The Bertz CT molecular complexity index is 894. The number of amides is 2. The standard InChI is InChI=1S/C23H26ClN3O2/c1-17-7-8-19(24)15-21(17)27-10-9-20(23(27)29)22(28)26-13-11-25(12-14-26)16-18-5-3-2-4-6-18/h2-8,15,20H,9-14,16H2,1H3/t20-/m0/s1. The molecule has 2 aliphatic heterocycles. The highest BCUT2D eigenvalue weighted by Gasteiger charge is 2.40. The molecule has 2 amide bonds. The van der Waals surface area contributed by atoms with Crippen LogP contribution in [0.5, 0.6) is 0 Å². The van der Waals surface area contributed by atoms with E-state index in [0.29, 0.717) is 31.1 Å². The van der Waals surface area contributed by atoms with Gasteiger partial charge in [0.05, 0.1) is 0 Å². The zero-order chi connectivity index (χ0) is 20.4. The number of anilines is 1. The van der Waals surface area contributed by atoms with Gasteiger partial charge in [-0.1, -0.05) is 48.0 Å². The first kappa shape index (κ1) is 19.9. The van der Waals surface area contributed by atoms with Crippen molar-refractivity contribution in [1.29, 1.82) is 0 Å². The van der Waals surface area contributed by atoms with Gasteiger partial charge < -0.3 is 9.80 Å². The first-order valence-corrected chi connectivity index (χ1v) is 10.5. The van der Waals surface area contributed by atoms with Crippen LogP contribution < -0.4 is 4.90 Å². The number of benzene rings is 2. The molecule has 0 saturated carbocycles. The van der Waals surface area contributed by atoms with Crippen LogP contribution in [0.2, 0.25) is 5.02 Å². The number of nitrogens with zero attached hydrogens (tertiary/aromatic N) is 3. The van der Waals surface area contributed by atoms with Crippen LogP contribution in [-0.2, 0) is 16.1 Å². The molecule has 0 radical (unpaired) electrons. The first-order valence-electron chi connectivity index (χ1n) is 10.2. The van der Waals surface area contributed by atoms with Gasteiger partial charge in [0.1, 0.15) is 5.92 Å². The van der Waals surface area contributed by atoms with E-state index in [1.807, 2.05) is 48.2 Å². The third-order valence-electron chi connectivity index (χ3n) is 5.90. The number of hydrogen-bond acceptors (Lipinski definition) is 3. The van der Waals surface area contributed by atoms with E-state index in [9.17, 15) is 9.59 Å². The Balaban J connectivity index is 1.36. The maximum atomic E-state index is 13.0. The number of carbonyl (C=O) groups is 2. The summed E-state index contributed by atoms with van der Waals surface area (Å²) in [5.74, 6) is -0.710. The van der Waals surface area contributed by atoms with Gasteiger partial charge in [-0.15, -0.1) is 0 Å². The number of halogens is 1. The van der Waals surface area contributed by atoms with Gasteiger partial charge in [-0.3, -0.25) is 14.5 Å². The van der Waals surface area contributed by atoms with E-state index in [4.69, 9.17) is 11.6 Å². The van der Waals surface area contributed by atoms with Crippen molar-refractivity contribution in [1.82, 2.24) is 9.80 Å². The lowest BCUT2D eigenvalue weighted by Gasteiger charge is -2.35. The average molecular weight is 412 g/mol. The number of carbonyl (C=O) groups excluding carboxylic acids is 2. The molecule has 0 bridgehead atoms. The van der Waals surface area contributed by atoms with E-state index in [-0.39, 0.29) is 11.8 Å². The van der Waals surface area contributed by atoms with Crippen LogP contribution >= 0.6 is 11.6 Å². The van der Waals surface area contributed by atoms with E-state index in [1.54, 1.807) is 4.90 Å². The van der Waals surface area contributed by atoms with E-state index in [0.717, 1.165) is 30.9 Å². The molecule has 2 aromatic rings. The molecule has 0 unspecified atom stereocenters. The van der Waals surface area contributed by atoms with Crippen molar-refractivity contribution in [2.75, 3.05) is 37.6 Å². The molecule has 4 rings (SSSR count). The van der Waals surface area contributed by atoms with Gasteiger partial charge in [-0.25, -0.2) is 0 Å². The smallest absolute Gasteiger partial charge is 0.239 e. The molecule has 0 N–H and O–H groups in total. The Morgan fingerprint density at radius 1 is 1.03 bits per heavy atom. The van der Waals surface area contributed by atoms with Crippen LogP contribution in [0.4, 0.5) is 5.69 Å². The summed E-state index contributed by atoms with van der Waals surface area (Å²) in [7, 11) is 0. The van der Waals surface area contributed by atoms with Crippen molar-refractivity contribution in [2.24, 2.45) is 5.92 Å². The van der Waals surface area contributed by atoms with Gasteiger partial charge in [0.2, 0.25) is 11.8 Å². The molecule has 2 fully saturated rings. The second-order valence-electron chi connectivity index (χ2n) is 7.85. The topological polar surface area (TPSA) is 43.9 Å². The number of aryl methyl sites for hydroxylation is 1. The van der Waals surface area contributed by atoms with Crippen LogP contribution in [0.1, 0.15) is 17.5 Å². The highest BCUT2D eigenvalue weighted by molar-refractivity contribution is 6.31. The summed E-state index contributed by atoms with van der Waals surface area (Å²) in [4.78, 5) is 32.0. The van der Waals surface area contributed by atoms with Crippen molar-refractivity contribution >= 4 is 29.1 Å². The lowest BCUT2D eigenvalue weighted by atomic mass is 10.1. The van der Waals surface area contributed by atoms with Gasteiger partial charge in [0.25, 0.3) is 0 Å². The molecule has 152 valence electrons. The largest absolute Gasteiger partial charge is 0.339 e. The van der Waals surface area contributed by atoms with Gasteiger partial charge in [-0.05, 0) is 36.6 Å². The number of rotatable bonds is 4. The normalized spacial score (nSPS) is 20.3. The molecule has 0 spiro atoms. The quantitative estimate of drug-likeness (QED) is 0.725. The van der Waals surface area contributed by atoms with Crippen molar-refractivity contribution < 1.29 is 9.59 Å². The van der Waals surface area contributed by atoms with Crippen molar-refractivity contribution in [3.63, 3.8) is 0 Å². The van der Waals surface area contributed by atoms with Crippen LogP contribution in [0.3, 0.4) is 0 Å². The molecule has 6 heteroatoms. The first-order chi connectivity index (χ1) is 14.0. The summed E-state index contributed by atoms with van der Waals surface area (Å²) in [6.07, 6.45) is 0.563. The predicted molar refractivity (Wildman–Crippen MR) is 115 cm³/mol. The second-order valence-corrected chi connectivity index (χ2v) is 8.29. The Morgan fingerprint density at radius 3 is 2.48 bits per heavy atom. The molecule has 0 aromatic heterocycles. The van der Waals surface area contributed by atoms with Crippen molar-refractivity contribution in [2.45, 2.75) is 19.9 Å². The van der Waals surface area contributed by atoms with Gasteiger partial charge in [0, 0.05) is 50.0 Å². The molecule has 2 heterocycles. The Labute approximate surface area is 176 Å².